The zero-order valence-corrected chi connectivity index (χ0v) is 22.3. The van der Waals surface area contributed by atoms with Gasteiger partial charge in [-0.1, -0.05) is 0 Å². The Balaban J connectivity index is 1.46. The summed E-state index contributed by atoms with van der Waals surface area (Å²) in [5.74, 6) is -3.38. The van der Waals surface area contributed by atoms with Gasteiger partial charge in [-0.3, -0.25) is 9.69 Å². The second kappa shape index (κ2) is 10.7. The third-order valence-corrected chi connectivity index (χ3v) is 7.18. The lowest BCUT2D eigenvalue weighted by Crippen LogP contribution is -2.53. The molecule has 0 aliphatic carbocycles. The van der Waals surface area contributed by atoms with E-state index >= 15 is 0 Å². The van der Waals surface area contributed by atoms with E-state index in [2.05, 4.69) is 10.1 Å². The monoisotopic (exact) mass is 577 g/mol. The summed E-state index contributed by atoms with van der Waals surface area (Å²) in [4.78, 5) is 21.3. The normalized spacial score (nSPS) is 16.4. The fourth-order valence-electron chi connectivity index (χ4n) is 5.19. The number of benzene rings is 2. The van der Waals surface area contributed by atoms with E-state index in [4.69, 9.17) is 4.74 Å². The van der Waals surface area contributed by atoms with Crippen molar-refractivity contribution in [3.8, 4) is 17.0 Å². The van der Waals surface area contributed by atoms with Crippen molar-refractivity contribution in [1.82, 2.24) is 24.4 Å². The minimum atomic E-state index is -4.79. The van der Waals surface area contributed by atoms with E-state index in [0.29, 0.717) is 21.9 Å². The van der Waals surface area contributed by atoms with E-state index in [1.54, 1.807) is 36.1 Å². The number of alkyl halides is 3. The fraction of sp³-hybridized carbons (Fsp3) is 0.321. The number of halogens is 6. The molecule has 216 valence electrons. The van der Waals surface area contributed by atoms with Gasteiger partial charge in [-0.05, 0) is 44.2 Å². The van der Waals surface area contributed by atoms with Crippen molar-refractivity contribution in [3.05, 3.63) is 82.4 Å². The molecule has 4 aromatic rings. The first-order chi connectivity index (χ1) is 19.4. The number of fused-ring (bicyclic) bond motifs is 1. The lowest BCUT2D eigenvalue weighted by atomic mass is 10.0. The highest BCUT2D eigenvalue weighted by Gasteiger charge is 2.39. The van der Waals surface area contributed by atoms with Gasteiger partial charge in [0.2, 0.25) is 0 Å². The van der Waals surface area contributed by atoms with Gasteiger partial charge >= 0.3 is 6.18 Å². The van der Waals surface area contributed by atoms with Gasteiger partial charge in [0.15, 0.2) is 23.0 Å². The molecule has 2 aromatic heterocycles. The van der Waals surface area contributed by atoms with Crippen LogP contribution in [0.4, 0.5) is 26.3 Å². The molecule has 1 amide bonds. The minimum Gasteiger partial charge on any atom is -0.497 e. The molecule has 3 heterocycles. The maximum atomic E-state index is 14.2. The Bertz CT molecular complexity index is 1620. The van der Waals surface area contributed by atoms with Crippen LogP contribution in [0.25, 0.3) is 16.9 Å². The smallest absolute Gasteiger partial charge is 0.433 e. The molecule has 1 aliphatic rings. The van der Waals surface area contributed by atoms with Gasteiger partial charge in [-0.25, -0.2) is 22.7 Å². The summed E-state index contributed by atoms with van der Waals surface area (Å²) in [6.07, 6.45) is -3.72. The van der Waals surface area contributed by atoms with Crippen molar-refractivity contribution in [2.75, 3.05) is 26.7 Å². The third kappa shape index (κ3) is 5.33. The van der Waals surface area contributed by atoms with Crippen molar-refractivity contribution in [2.45, 2.75) is 32.6 Å². The number of hydrogen-bond acceptors (Lipinski definition) is 5. The highest BCUT2D eigenvalue weighted by molar-refractivity contribution is 6.00. The zero-order valence-electron chi connectivity index (χ0n) is 22.3. The number of methoxy groups -OCH3 is 1. The van der Waals surface area contributed by atoms with Crippen LogP contribution in [-0.4, -0.2) is 63.1 Å². The molecule has 0 spiro atoms. The summed E-state index contributed by atoms with van der Waals surface area (Å²) in [7, 11) is 1.47. The lowest BCUT2D eigenvalue weighted by molar-refractivity contribution is -0.143. The molecule has 0 N–H and O–H groups in total. The Hall–Kier alpha value is -4.13. The summed E-state index contributed by atoms with van der Waals surface area (Å²) in [5.41, 5.74) is -1.25. The molecule has 1 fully saturated rings. The Morgan fingerprint density at radius 1 is 1.10 bits per heavy atom. The molecule has 0 radical (unpaired) electrons. The molecule has 5 rings (SSSR count). The number of aromatic nitrogens is 3. The van der Waals surface area contributed by atoms with Gasteiger partial charge in [0.1, 0.15) is 17.1 Å². The van der Waals surface area contributed by atoms with Crippen molar-refractivity contribution >= 4 is 11.6 Å². The highest BCUT2D eigenvalue weighted by Crippen LogP contribution is 2.37. The predicted octanol–water partition coefficient (Wildman–Crippen LogP) is 5.50. The second-order valence-corrected chi connectivity index (χ2v) is 9.90. The lowest BCUT2D eigenvalue weighted by Gasteiger charge is -2.39. The highest BCUT2D eigenvalue weighted by atomic mass is 19.4. The number of amides is 1. The number of carbonyl (C=O) groups is 1. The number of piperazine rings is 1. The maximum absolute atomic E-state index is 14.2. The van der Waals surface area contributed by atoms with Gasteiger partial charge in [0, 0.05) is 55.0 Å². The van der Waals surface area contributed by atoms with E-state index in [0.717, 1.165) is 12.3 Å². The number of rotatable bonds is 5. The van der Waals surface area contributed by atoms with Crippen LogP contribution < -0.4 is 4.74 Å². The SMILES string of the molecule is COc1ccc(-c2nc3c(C(=O)N4CCN(Cc5cc(F)cc(F)c5F)C[C@@H]4C)cnn3c(C(F)(F)F)c2C)cc1. The summed E-state index contributed by atoms with van der Waals surface area (Å²) < 4.78 is 89.9. The van der Waals surface area contributed by atoms with Gasteiger partial charge in [-0.15, -0.1) is 0 Å². The van der Waals surface area contributed by atoms with Crippen LogP contribution in [0.15, 0.2) is 42.6 Å². The summed E-state index contributed by atoms with van der Waals surface area (Å²) >= 11 is 0. The van der Waals surface area contributed by atoms with Crippen LogP contribution in [0.1, 0.15) is 34.1 Å². The summed E-state index contributed by atoms with van der Waals surface area (Å²) in [6, 6.07) is 7.29. The minimum absolute atomic E-state index is 0.0456. The van der Waals surface area contributed by atoms with E-state index in [1.807, 2.05) is 0 Å². The third-order valence-electron chi connectivity index (χ3n) is 7.18. The topological polar surface area (TPSA) is 63.0 Å². The average Bonchev–Trinajstić information content (AvgIpc) is 3.33. The molecular formula is C28H25F6N5O2. The van der Waals surface area contributed by atoms with E-state index in [-0.39, 0.29) is 54.2 Å². The average molecular weight is 578 g/mol. The molecule has 13 heteroatoms. The molecule has 2 aromatic carbocycles. The molecule has 0 saturated carbocycles. The van der Waals surface area contributed by atoms with Crippen LogP contribution in [0.3, 0.4) is 0 Å². The standard InChI is InChI=1S/C28H25F6N5O2/c1-15-13-37(14-18-10-19(29)11-22(30)23(18)31)8-9-38(15)27(40)21-12-35-39-25(28(32,33)34)16(2)24(36-26(21)39)17-4-6-20(41-3)7-5-17/h4-7,10-12,15H,8-9,13-14H2,1-3H3/t15-/m0/s1. The van der Waals surface area contributed by atoms with Crippen LogP contribution in [0, 0.1) is 24.4 Å². The van der Waals surface area contributed by atoms with Gasteiger partial charge in [-0.2, -0.15) is 18.3 Å². The van der Waals surface area contributed by atoms with Crippen LogP contribution in [0.5, 0.6) is 5.75 Å². The van der Waals surface area contributed by atoms with Gasteiger partial charge < -0.3 is 9.64 Å². The molecule has 0 bridgehead atoms. The first-order valence-electron chi connectivity index (χ1n) is 12.7. The molecule has 1 saturated heterocycles. The van der Waals surface area contributed by atoms with Gasteiger partial charge in [0.25, 0.3) is 5.91 Å². The van der Waals surface area contributed by atoms with E-state index in [9.17, 15) is 31.1 Å². The van der Waals surface area contributed by atoms with E-state index in [1.165, 1.54) is 18.9 Å². The summed E-state index contributed by atoms with van der Waals surface area (Å²) in [5, 5.41) is 3.89. The second-order valence-electron chi connectivity index (χ2n) is 9.90. The molecule has 0 unspecified atom stereocenters. The number of carbonyl (C=O) groups excluding carboxylic acids is 1. The quantitative estimate of drug-likeness (QED) is 0.232. The number of hydrogen-bond donors (Lipinski definition) is 0. The Kier molecular flexibility index (Phi) is 7.41. The first kappa shape index (κ1) is 28.4. The molecule has 1 aliphatic heterocycles. The summed E-state index contributed by atoms with van der Waals surface area (Å²) in [6.45, 7) is 3.56. The van der Waals surface area contributed by atoms with E-state index < -0.39 is 41.3 Å². The van der Waals surface area contributed by atoms with Crippen molar-refractivity contribution in [3.63, 3.8) is 0 Å². The Morgan fingerprint density at radius 3 is 2.44 bits per heavy atom. The van der Waals surface area contributed by atoms with Crippen LogP contribution in [0.2, 0.25) is 0 Å². The maximum Gasteiger partial charge on any atom is 0.433 e. The number of nitrogens with zero attached hydrogens (tertiary/aromatic N) is 5. The fourth-order valence-corrected chi connectivity index (χ4v) is 5.19. The molecular weight excluding hydrogens is 552 g/mol. The first-order valence-corrected chi connectivity index (χ1v) is 12.7. The van der Waals surface area contributed by atoms with Gasteiger partial charge in [0.05, 0.1) is 19.0 Å². The van der Waals surface area contributed by atoms with Crippen LogP contribution >= 0.6 is 0 Å². The molecule has 1 atom stereocenters. The van der Waals surface area contributed by atoms with Crippen molar-refractivity contribution < 1.29 is 35.9 Å². The predicted molar refractivity (Wildman–Crippen MR) is 137 cm³/mol. The Labute approximate surface area is 231 Å². The number of ether oxygens (including phenoxy) is 1. The zero-order chi connectivity index (χ0) is 29.6. The van der Waals surface area contributed by atoms with Crippen molar-refractivity contribution in [1.29, 1.82) is 0 Å². The molecule has 7 nitrogen and oxygen atoms in total. The largest absolute Gasteiger partial charge is 0.497 e. The van der Waals surface area contributed by atoms with Crippen LogP contribution in [-0.2, 0) is 12.7 Å². The van der Waals surface area contributed by atoms with Crippen molar-refractivity contribution in [2.24, 2.45) is 0 Å². The molecule has 41 heavy (non-hydrogen) atoms. The Morgan fingerprint density at radius 2 is 1.80 bits per heavy atom.